The van der Waals surface area contributed by atoms with Crippen molar-refractivity contribution in [3.05, 3.63) is 170 Å². The van der Waals surface area contributed by atoms with Crippen molar-refractivity contribution >= 4 is 43.4 Å². The van der Waals surface area contributed by atoms with Crippen LogP contribution in [0.2, 0.25) is 0 Å². The second kappa shape index (κ2) is 10.8. The summed E-state index contributed by atoms with van der Waals surface area (Å²) in [6.07, 6.45) is 0. The minimum Gasteiger partial charge on any atom is -0.245 e. The first-order chi connectivity index (χ1) is 24.9. The number of rotatable bonds is 4. The molecule has 46 heavy (non-hydrogen) atoms. The standard InChI is InChI=1S/C44H28N2/c1-3-11-29(12-4-1)39-27-25-33-23-24-34-26-28-40(46-44(34)43(33)45-39)30-19-21-32(22-20-30)42-37-17-9-7-15-35(37)41(31-13-5-2-6-14-31)36-16-8-10-18-38(36)42/h1-28H/i2D,5D,6D,13D,14D. The molecule has 0 N–H and O–H groups in total. The van der Waals surface area contributed by atoms with Crippen molar-refractivity contribution in [2.24, 2.45) is 0 Å². The van der Waals surface area contributed by atoms with Gasteiger partial charge < -0.3 is 0 Å². The van der Waals surface area contributed by atoms with Crippen molar-refractivity contribution in [3.63, 3.8) is 0 Å². The van der Waals surface area contributed by atoms with Crippen molar-refractivity contribution in [1.82, 2.24) is 9.97 Å². The van der Waals surface area contributed by atoms with E-state index < -0.39 is 6.04 Å². The summed E-state index contributed by atoms with van der Waals surface area (Å²) in [7, 11) is 0. The summed E-state index contributed by atoms with van der Waals surface area (Å²) in [4.78, 5) is 10.2. The van der Waals surface area contributed by atoms with Gasteiger partial charge >= 0.3 is 0 Å². The zero-order chi connectivity index (χ0) is 34.8. The monoisotopic (exact) mass is 589 g/mol. The van der Waals surface area contributed by atoms with E-state index in [1.807, 2.05) is 72.8 Å². The molecule has 0 saturated heterocycles. The summed E-state index contributed by atoms with van der Waals surface area (Å²) in [5, 5.41) is 5.56. The van der Waals surface area contributed by atoms with Crippen LogP contribution in [-0.4, -0.2) is 9.97 Å². The highest BCUT2D eigenvalue weighted by Gasteiger charge is 2.16. The van der Waals surface area contributed by atoms with Gasteiger partial charge in [-0.1, -0.05) is 158 Å². The van der Waals surface area contributed by atoms with Crippen LogP contribution in [0.4, 0.5) is 0 Å². The van der Waals surface area contributed by atoms with Crippen molar-refractivity contribution in [2.75, 3.05) is 0 Å². The summed E-state index contributed by atoms with van der Waals surface area (Å²) in [6, 6.07) is 45.3. The van der Waals surface area contributed by atoms with E-state index in [9.17, 15) is 0 Å². The fourth-order valence-electron chi connectivity index (χ4n) is 6.59. The normalized spacial score (nSPS) is 13.0. The Morgan fingerprint density at radius 3 is 1.28 bits per heavy atom. The lowest BCUT2D eigenvalue weighted by Gasteiger charge is -2.18. The van der Waals surface area contributed by atoms with Gasteiger partial charge in [0.1, 0.15) is 0 Å². The number of benzene rings is 7. The Kier molecular flexibility index (Phi) is 5.06. The Bertz CT molecular complexity index is 2770. The van der Waals surface area contributed by atoms with E-state index in [1.54, 1.807) is 0 Å². The van der Waals surface area contributed by atoms with Crippen LogP contribution in [0.15, 0.2) is 170 Å². The quantitative estimate of drug-likeness (QED) is 0.151. The highest BCUT2D eigenvalue weighted by molar-refractivity contribution is 6.21. The second-order valence-electron chi connectivity index (χ2n) is 11.4. The molecule has 2 heterocycles. The second-order valence-corrected chi connectivity index (χ2v) is 11.4. The lowest BCUT2D eigenvalue weighted by atomic mass is 9.86. The number of hydrogen-bond acceptors (Lipinski definition) is 2. The van der Waals surface area contributed by atoms with E-state index in [0.717, 1.165) is 77.0 Å². The zero-order valence-electron chi connectivity index (χ0n) is 29.7. The molecule has 0 amide bonds. The summed E-state index contributed by atoms with van der Waals surface area (Å²) in [5.41, 5.74) is 8.36. The third-order valence-electron chi connectivity index (χ3n) is 8.74. The third-order valence-corrected chi connectivity index (χ3v) is 8.74. The Hall–Kier alpha value is -6.12. The van der Waals surface area contributed by atoms with Gasteiger partial charge in [0.2, 0.25) is 0 Å². The predicted octanol–water partition coefficient (Wildman–Crippen LogP) is 11.8. The molecule has 0 radical (unpaired) electrons. The predicted molar refractivity (Wildman–Crippen MR) is 194 cm³/mol. The van der Waals surface area contributed by atoms with Crippen LogP contribution in [0.3, 0.4) is 0 Å². The fraction of sp³-hybridized carbons (Fsp3) is 0. The van der Waals surface area contributed by atoms with Gasteiger partial charge in [0.25, 0.3) is 0 Å². The first-order valence-corrected chi connectivity index (χ1v) is 15.3. The number of nitrogens with zero attached hydrogens (tertiary/aromatic N) is 2. The highest BCUT2D eigenvalue weighted by atomic mass is 14.8. The lowest BCUT2D eigenvalue weighted by molar-refractivity contribution is 1.36. The first kappa shape index (κ1) is 21.6. The SMILES string of the molecule is [2H]c1c([2H])c([2H])c(-c2c3ccccc3c(-c3ccc(-c4ccc5ccc6ccc(-c7ccccc7)nc6c5n4)cc3)c3ccccc23)c([2H])c1[2H]. The molecule has 0 spiro atoms. The summed E-state index contributed by atoms with van der Waals surface area (Å²) in [6.45, 7) is 0. The van der Waals surface area contributed by atoms with Crippen LogP contribution in [0.5, 0.6) is 0 Å². The average Bonchev–Trinajstić information content (AvgIpc) is 3.19. The van der Waals surface area contributed by atoms with Gasteiger partial charge in [-0.15, -0.1) is 0 Å². The van der Waals surface area contributed by atoms with E-state index in [1.165, 1.54) is 0 Å². The van der Waals surface area contributed by atoms with Gasteiger partial charge in [0.15, 0.2) is 0 Å². The van der Waals surface area contributed by atoms with Crippen LogP contribution in [0, 0.1) is 0 Å². The Morgan fingerprint density at radius 2 is 0.761 bits per heavy atom. The Balaban J connectivity index is 1.20. The first-order valence-electron chi connectivity index (χ1n) is 17.8. The summed E-state index contributed by atoms with van der Waals surface area (Å²) < 4.78 is 42.5. The van der Waals surface area contributed by atoms with Gasteiger partial charge in [0, 0.05) is 21.9 Å². The van der Waals surface area contributed by atoms with Crippen molar-refractivity contribution in [1.29, 1.82) is 0 Å². The van der Waals surface area contributed by atoms with Crippen LogP contribution in [0.1, 0.15) is 6.85 Å². The molecule has 0 aliphatic rings. The minimum absolute atomic E-state index is 0.204. The van der Waals surface area contributed by atoms with Crippen LogP contribution < -0.4 is 0 Å². The molecule has 9 rings (SSSR count). The number of aromatic nitrogens is 2. The largest absolute Gasteiger partial charge is 0.245 e. The smallest absolute Gasteiger partial charge is 0.0972 e. The molecular formula is C44H28N2. The van der Waals surface area contributed by atoms with Gasteiger partial charge in [-0.05, 0) is 55.9 Å². The molecule has 7 aromatic carbocycles. The topological polar surface area (TPSA) is 25.8 Å². The highest BCUT2D eigenvalue weighted by Crippen LogP contribution is 2.43. The third kappa shape index (κ3) is 4.35. The molecule has 214 valence electrons. The number of fused-ring (bicyclic) bond motifs is 5. The molecule has 2 heteroatoms. The molecule has 0 unspecified atom stereocenters. The molecule has 9 aromatic rings. The molecule has 0 saturated carbocycles. The zero-order valence-corrected chi connectivity index (χ0v) is 24.7. The van der Waals surface area contributed by atoms with Crippen LogP contribution >= 0.6 is 0 Å². The lowest BCUT2D eigenvalue weighted by Crippen LogP contribution is -1.92. The van der Waals surface area contributed by atoms with E-state index in [0.29, 0.717) is 5.56 Å². The number of pyridine rings is 2. The molecule has 0 bridgehead atoms. The summed E-state index contributed by atoms with van der Waals surface area (Å²) >= 11 is 0. The van der Waals surface area contributed by atoms with E-state index in [2.05, 4.69) is 66.7 Å². The van der Waals surface area contributed by atoms with Gasteiger partial charge in [-0.2, -0.15) is 0 Å². The maximum Gasteiger partial charge on any atom is 0.0972 e. The fourth-order valence-corrected chi connectivity index (χ4v) is 6.59. The van der Waals surface area contributed by atoms with Gasteiger partial charge in [0.05, 0.1) is 29.3 Å². The Labute approximate surface area is 274 Å². The molecule has 0 aliphatic heterocycles. The van der Waals surface area contributed by atoms with Gasteiger partial charge in [-0.25, -0.2) is 9.97 Å². The maximum atomic E-state index is 8.81. The Morgan fingerprint density at radius 1 is 0.348 bits per heavy atom. The molecule has 2 nitrogen and oxygen atoms in total. The molecule has 0 fully saturated rings. The van der Waals surface area contributed by atoms with Crippen molar-refractivity contribution in [2.45, 2.75) is 0 Å². The average molecular weight is 590 g/mol. The van der Waals surface area contributed by atoms with Crippen molar-refractivity contribution < 1.29 is 6.85 Å². The van der Waals surface area contributed by atoms with Crippen molar-refractivity contribution in [3.8, 4) is 44.8 Å². The van der Waals surface area contributed by atoms with E-state index in [4.69, 9.17) is 16.8 Å². The van der Waals surface area contributed by atoms with Crippen LogP contribution in [-0.2, 0) is 0 Å². The van der Waals surface area contributed by atoms with Crippen LogP contribution in [0.25, 0.3) is 88.1 Å². The maximum absolute atomic E-state index is 8.81. The minimum atomic E-state index is -0.402. The van der Waals surface area contributed by atoms with E-state index in [-0.39, 0.29) is 29.7 Å². The van der Waals surface area contributed by atoms with Gasteiger partial charge in [-0.3, -0.25) is 0 Å². The molecule has 0 atom stereocenters. The summed E-state index contributed by atoms with van der Waals surface area (Å²) in [5.74, 6) is 0. The van der Waals surface area contributed by atoms with E-state index >= 15 is 0 Å². The molecular weight excluding hydrogens is 556 g/mol. The number of hydrogen-bond donors (Lipinski definition) is 0. The molecule has 0 aliphatic carbocycles. The molecule has 2 aromatic heterocycles.